The molecule has 0 radical (unpaired) electrons. The SMILES string of the molecule is O=C(O)c1ccc2nc(CN3CCN(c4cccc(OCC5CCOCC5)n4)CC3)n(C[C@@H]3CCO3)c2c1. The molecule has 0 unspecified atom stereocenters. The number of nitrogens with zero attached hydrogens (tertiary/aromatic N) is 5. The van der Waals surface area contributed by atoms with E-state index in [0.29, 0.717) is 31.5 Å². The maximum atomic E-state index is 11.6. The number of benzene rings is 1. The van der Waals surface area contributed by atoms with Gasteiger partial charge < -0.3 is 28.8 Å². The highest BCUT2D eigenvalue weighted by Gasteiger charge is 2.25. The number of ether oxygens (including phenoxy) is 3. The minimum absolute atomic E-state index is 0.156. The molecular formula is C28H35N5O5. The van der Waals surface area contributed by atoms with E-state index in [2.05, 4.69) is 20.4 Å². The Morgan fingerprint density at radius 1 is 1.03 bits per heavy atom. The fourth-order valence-electron chi connectivity index (χ4n) is 5.37. The second kappa shape index (κ2) is 11.3. The molecule has 0 amide bonds. The van der Waals surface area contributed by atoms with Crippen LogP contribution in [0.1, 0.15) is 35.4 Å². The normalized spacial score (nSPS) is 20.9. The van der Waals surface area contributed by atoms with Crippen LogP contribution < -0.4 is 9.64 Å². The van der Waals surface area contributed by atoms with Gasteiger partial charge >= 0.3 is 5.97 Å². The van der Waals surface area contributed by atoms with E-state index < -0.39 is 5.97 Å². The zero-order valence-corrected chi connectivity index (χ0v) is 21.6. The Morgan fingerprint density at radius 2 is 1.84 bits per heavy atom. The van der Waals surface area contributed by atoms with Crippen molar-refractivity contribution >= 4 is 22.8 Å². The number of aromatic carboxylic acids is 1. The predicted octanol–water partition coefficient (Wildman–Crippen LogP) is 3.05. The van der Waals surface area contributed by atoms with Crippen molar-refractivity contribution in [3.63, 3.8) is 0 Å². The first kappa shape index (κ1) is 25.1. The lowest BCUT2D eigenvalue weighted by Gasteiger charge is -2.35. The predicted molar refractivity (Wildman–Crippen MR) is 142 cm³/mol. The number of fused-ring (bicyclic) bond motifs is 1. The number of piperazine rings is 1. The molecule has 6 rings (SSSR count). The van der Waals surface area contributed by atoms with Gasteiger partial charge in [-0.15, -0.1) is 0 Å². The lowest BCUT2D eigenvalue weighted by atomic mass is 10.0. The summed E-state index contributed by atoms with van der Waals surface area (Å²) in [7, 11) is 0. The van der Waals surface area contributed by atoms with Crippen molar-refractivity contribution < 1.29 is 24.1 Å². The molecule has 2 aromatic heterocycles. The molecule has 3 saturated heterocycles. The molecular weight excluding hydrogens is 486 g/mol. The fraction of sp³-hybridized carbons (Fsp3) is 0.536. The molecule has 10 heteroatoms. The van der Waals surface area contributed by atoms with Crippen molar-refractivity contribution in [3.8, 4) is 5.88 Å². The van der Waals surface area contributed by atoms with Gasteiger partial charge in [-0.3, -0.25) is 4.90 Å². The van der Waals surface area contributed by atoms with E-state index in [4.69, 9.17) is 24.2 Å². The molecule has 3 fully saturated rings. The van der Waals surface area contributed by atoms with Crippen LogP contribution in [0.3, 0.4) is 0 Å². The van der Waals surface area contributed by atoms with E-state index in [1.807, 2.05) is 12.1 Å². The smallest absolute Gasteiger partial charge is 0.335 e. The first-order valence-electron chi connectivity index (χ1n) is 13.6. The van der Waals surface area contributed by atoms with Crippen molar-refractivity contribution in [2.75, 3.05) is 57.5 Å². The quantitative estimate of drug-likeness (QED) is 0.455. The van der Waals surface area contributed by atoms with Gasteiger partial charge in [0, 0.05) is 52.1 Å². The number of hydrogen-bond acceptors (Lipinski definition) is 8. The molecule has 1 atom stereocenters. The summed E-state index contributed by atoms with van der Waals surface area (Å²) in [5.41, 5.74) is 1.96. The van der Waals surface area contributed by atoms with Crippen molar-refractivity contribution in [1.29, 1.82) is 0 Å². The monoisotopic (exact) mass is 521 g/mol. The highest BCUT2D eigenvalue weighted by molar-refractivity contribution is 5.92. The van der Waals surface area contributed by atoms with Crippen LogP contribution in [0.4, 0.5) is 5.82 Å². The average Bonchev–Trinajstić information content (AvgIpc) is 3.26. The van der Waals surface area contributed by atoms with E-state index in [1.54, 1.807) is 18.2 Å². The van der Waals surface area contributed by atoms with Gasteiger partial charge in [0.05, 0.1) is 42.4 Å². The Morgan fingerprint density at radius 3 is 2.58 bits per heavy atom. The molecule has 1 N–H and O–H groups in total. The molecule has 3 aromatic rings. The maximum absolute atomic E-state index is 11.6. The average molecular weight is 522 g/mol. The van der Waals surface area contributed by atoms with Crippen molar-refractivity contribution in [2.45, 2.75) is 38.5 Å². The van der Waals surface area contributed by atoms with Crippen LogP contribution in [0.25, 0.3) is 11.0 Å². The largest absolute Gasteiger partial charge is 0.478 e. The number of hydrogen-bond donors (Lipinski definition) is 1. The molecule has 0 bridgehead atoms. The summed E-state index contributed by atoms with van der Waals surface area (Å²) >= 11 is 0. The molecule has 202 valence electrons. The van der Waals surface area contributed by atoms with Crippen LogP contribution in [-0.2, 0) is 22.6 Å². The fourth-order valence-corrected chi connectivity index (χ4v) is 5.37. The number of rotatable bonds is 9. The second-order valence-electron chi connectivity index (χ2n) is 10.4. The topological polar surface area (TPSA) is 102 Å². The van der Waals surface area contributed by atoms with Crippen LogP contribution in [0.15, 0.2) is 36.4 Å². The molecule has 3 aliphatic heterocycles. The summed E-state index contributed by atoms with van der Waals surface area (Å²) in [5, 5.41) is 9.48. The van der Waals surface area contributed by atoms with Gasteiger partial charge in [0.25, 0.3) is 0 Å². The Labute approximate surface area is 222 Å². The third-order valence-corrected chi connectivity index (χ3v) is 7.83. The third kappa shape index (κ3) is 5.62. The number of anilines is 1. The van der Waals surface area contributed by atoms with Gasteiger partial charge in [-0.1, -0.05) is 6.07 Å². The van der Waals surface area contributed by atoms with Crippen LogP contribution in [0, 0.1) is 5.92 Å². The Hall–Kier alpha value is -3.21. The van der Waals surface area contributed by atoms with Crippen molar-refractivity contribution in [3.05, 3.63) is 47.8 Å². The minimum Gasteiger partial charge on any atom is -0.478 e. The third-order valence-electron chi connectivity index (χ3n) is 7.83. The molecule has 1 aromatic carbocycles. The highest BCUT2D eigenvalue weighted by Crippen LogP contribution is 2.25. The zero-order chi connectivity index (χ0) is 25.9. The lowest BCUT2D eigenvalue weighted by molar-refractivity contribution is -0.0592. The standard InChI is InChI=1S/C28H35N5O5/c34-28(35)21-4-5-23-24(16-21)33(17-22-8-15-37-22)26(29-23)18-31-9-11-32(12-10-31)25-2-1-3-27(30-25)38-19-20-6-13-36-14-7-20/h1-5,16,20,22H,6-15,17-19H2,(H,34,35)/t22-/m0/s1. The minimum atomic E-state index is -0.927. The number of aromatic nitrogens is 3. The van der Waals surface area contributed by atoms with Crippen LogP contribution in [0.2, 0.25) is 0 Å². The summed E-state index contributed by atoms with van der Waals surface area (Å²) in [6.07, 6.45) is 3.26. The molecule has 3 aliphatic rings. The molecule has 38 heavy (non-hydrogen) atoms. The molecule has 10 nitrogen and oxygen atoms in total. The zero-order valence-electron chi connectivity index (χ0n) is 21.6. The van der Waals surface area contributed by atoms with Crippen LogP contribution in [-0.4, -0.2) is 89.2 Å². The summed E-state index contributed by atoms with van der Waals surface area (Å²) in [6.45, 7) is 8.02. The summed E-state index contributed by atoms with van der Waals surface area (Å²) < 4.78 is 19.3. The molecule has 0 saturated carbocycles. The molecule has 5 heterocycles. The van der Waals surface area contributed by atoms with Gasteiger partial charge in [0.15, 0.2) is 0 Å². The number of pyridine rings is 1. The summed E-state index contributed by atoms with van der Waals surface area (Å²) in [5.74, 6) is 2.19. The number of carboxylic acids is 1. The highest BCUT2D eigenvalue weighted by atomic mass is 16.5. The van der Waals surface area contributed by atoms with Gasteiger partial charge in [-0.2, -0.15) is 4.98 Å². The first-order chi connectivity index (χ1) is 18.6. The van der Waals surface area contributed by atoms with Crippen molar-refractivity contribution in [1.82, 2.24) is 19.4 Å². The van der Waals surface area contributed by atoms with Crippen LogP contribution in [0.5, 0.6) is 5.88 Å². The second-order valence-corrected chi connectivity index (χ2v) is 10.4. The molecule has 0 spiro atoms. The maximum Gasteiger partial charge on any atom is 0.335 e. The Kier molecular flexibility index (Phi) is 7.44. The van der Waals surface area contributed by atoms with Crippen molar-refractivity contribution in [2.24, 2.45) is 5.92 Å². The van der Waals surface area contributed by atoms with Gasteiger partial charge in [0.2, 0.25) is 5.88 Å². The summed E-state index contributed by atoms with van der Waals surface area (Å²) in [4.78, 5) is 25.9. The van der Waals surface area contributed by atoms with Gasteiger partial charge in [-0.05, 0) is 49.4 Å². The van der Waals surface area contributed by atoms with E-state index in [9.17, 15) is 9.90 Å². The van der Waals surface area contributed by atoms with Crippen LogP contribution >= 0.6 is 0 Å². The number of carbonyl (C=O) groups is 1. The van der Waals surface area contributed by atoms with Gasteiger partial charge in [-0.25, -0.2) is 9.78 Å². The lowest BCUT2D eigenvalue weighted by Crippen LogP contribution is -2.46. The first-order valence-corrected chi connectivity index (χ1v) is 13.6. The van der Waals surface area contributed by atoms with E-state index in [-0.39, 0.29) is 11.7 Å². The van der Waals surface area contributed by atoms with E-state index in [0.717, 1.165) is 87.9 Å². The summed E-state index contributed by atoms with van der Waals surface area (Å²) in [6, 6.07) is 11.2. The van der Waals surface area contributed by atoms with E-state index in [1.165, 1.54) is 0 Å². The Balaban J connectivity index is 1.10. The van der Waals surface area contributed by atoms with Gasteiger partial charge in [0.1, 0.15) is 11.6 Å². The number of carboxylic acid groups (broad SMARTS) is 1. The Bertz CT molecular complexity index is 1260. The molecule has 0 aliphatic carbocycles. The number of imidazole rings is 1. The van der Waals surface area contributed by atoms with E-state index >= 15 is 0 Å².